The molecular formula is C5H7N3O4. The molecule has 0 bridgehead atoms. The van der Waals surface area contributed by atoms with Gasteiger partial charge in [-0.25, -0.2) is 4.79 Å². The summed E-state index contributed by atoms with van der Waals surface area (Å²) in [6, 6.07) is -0.860. The second-order valence-electron chi connectivity index (χ2n) is 2.37. The molecule has 0 aromatic heterocycles. The minimum Gasteiger partial charge on any atom is -0.365 e. The van der Waals surface area contributed by atoms with Crippen LogP contribution < -0.4 is 11.1 Å². The predicted molar refractivity (Wildman–Crippen MR) is 35.4 cm³/mol. The fraction of sp³-hybridized carbons (Fsp3) is 0.400. The largest absolute Gasteiger partial charge is 0.365 e. The second-order valence-corrected chi connectivity index (χ2v) is 2.37. The lowest BCUT2D eigenvalue weighted by Gasteiger charge is -2.13. The van der Waals surface area contributed by atoms with E-state index in [0.29, 0.717) is 4.90 Å². The average molecular weight is 173 g/mol. The highest BCUT2D eigenvalue weighted by Crippen LogP contribution is 2.12. The third-order valence-corrected chi connectivity index (χ3v) is 1.56. The number of amides is 4. The van der Waals surface area contributed by atoms with Crippen molar-refractivity contribution in [2.45, 2.75) is 5.72 Å². The third-order valence-electron chi connectivity index (χ3n) is 1.56. The maximum atomic E-state index is 11.0. The number of carbonyl (C=O) groups excluding carboxylic acids is 3. The lowest BCUT2D eigenvalue weighted by Crippen LogP contribution is -2.57. The van der Waals surface area contributed by atoms with Crippen LogP contribution in [0.1, 0.15) is 0 Å². The number of hydrogen-bond donors (Lipinski definition) is 3. The molecule has 0 aliphatic carbocycles. The number of aliphatic hydroxyl groups is 1. The molecule has 66 valence electrons. The lowest BCUT2D eigenvalue weighted by molar-refractivity contribution is -0.153. The van der Waals surface area contributed by atoms with Gasteiger partial charge in [0, 0.05) is 7.05 Å². The normalized spacial score (nSPS) is 29.0. The number of hydrogen-bond acceptors (Lipinski definition) is 4. The van der Waals surface area contributed by atoms with Crippen LogP contribution in [0, 0.1) is 0 Å². The molecule has 0 spiro atoms. The Morgan fingerprint density at radius 2 is 2.17 bits per heavy atom. The topological polar surface area (TPSA) is 113 Å². The fourth-order valence-electron chi connectivity index (χ4n) is 0.794. The van der Waals surface area contributed by atoms with Crippen molar-refractivity contribution in [1.82, 2.24) is 10.2 Å². The maximum Gasteiger partial charge on any atom is 0.327 e. The number of likely N-dealkylation sites (N-methyl/N-ethyl adjacent to an activating group) is 1. The summed E-state index contributed by atoms with van der Waals surface area (Å²) in [6.07, 6.45) is 0. The van der Waals surface area contributed by atoms with E-state index >= 15 is 0 Å². The Labute approximate surface area is 67.1 Å². The first-order valence-corrected chi connectivity index (χ1v) is 3.02. The molecule has 7 nitrogen and oxygen atoms in total. The van der Waals surface area contributed by atoms with E-state index in [1.54, 1.807) is 5.32 Å². The minimum atomic E-state index is -2.58. The number of primary amides is 1. The van der Waals surface area contributed by atoms with Crippen molar-refractivity contribution in [2.24, 2.45) is 5.73 Å². The fourth-order valence-corrected chi connectivity index (χ4v) is 0.794. The quantitative estimate of drug-likeness (QED) is 0.296. The maximum absolute atomic E-state index is 11.0. The van der Waals surface area contributed by atoms with Crippen molar-refractivity contribution in [3.63, 3.8) is 0 Å². The predicted octanol–water partition coefficient (Wildman–Crippen LogP) is -2.66. The van der Waals surface area contributed by atoms with Crippen LogP contribution in [-0.2, 0) is 9.59 Å². The Balaban J connectivity index is 3.05. The van der Waals surface area contributed by atoms with E-state index in [1.165, 1.54) is 0 Å². The van der Waals surface area contributed by atoms with E-state index in [1.807, 2.05) is 0 Å². The van der Waals surface area contributed by atoms with Crippen molar-refractivity contribution in [3.8, 4) is 0 Å². The first-order chi connectivity index (χ1) is 5.39. The monoisotopic (exact) mass is 173 g/mol. The van der Waals surface area contributed by atoms with Crippen LogP contribution in [0.25, 0.3) is 0 Å². The summed E-state index contributed by atoms with van der Waals surface area (Å²) in [7, 11) is 1.12. The minimum absolute atomic E-state index is 0.574. The third kappa shape index (κ3) is 0.832. The van der Waals surface area contributed by atoms with E-state index in [0.717, 1.165) is 7.05 Å². The molecule has 4 N–H and O–H groups in total. The number of urea groups is 1. The second kappa shape index (κ2) is 2.18. The summed E-state index contributed by atoms with van der Waals surface area (Å²) in [5.41, 5.74) is 2.12. The molecule has 1 fully saturated rings. The van der Waals surface area contributed by atoms with Crippen molar-refractivity contribution < 1.29 is 19.5 Å². The van der Waals surface area contributed by atoms with Crippen molar-refractivity contribution in [1.29, 1.82) is 0 Å². The molecule has 0 radical (unpaired) electrons. The van der Waals surface area contributed by atoms with E-state index < -0.39 is 23.6 Å². The van der Waals surface area contributed by atoms with E-state index in [-0.39, 0.29) is 0 Å². The average Bonchev–Trinajstić information content (AvgIpc) is 2.17. The van der Waals surface area contributed by atoms with E-state index in [2.05, 4.69) is 0 Å². The van der Waals surface area contributed by atoms with Gasteiger partial charge in [-0.3, -0.25) is 19.8 Å². The molecule has 1 rings (SSSR count). The molecule has 7 heteroatoms. The van der Waals surface area contributed by atoms with Gasteiger partial charge in [0.25, 0.3) is 11.8 Å². The SMILES string of the molecule is CN1C(=O)NC(O)(C(N)=O)C1=O. The molecule has 1 unspecified atom stereocenters. The van der Waals surface area contributed by atoms with Gasteiger partial charge in [-0.05, 0) is 0 Å². The Morgan fingerprint density at radius 1 is 1.67 bits per heavy atom. The number of nitrogens with two attached hydrogens (primary N) is 1. The number of rotatable bonds is 1. The van der Waals surface area contributed by atoms with Crippen molar-refractivity contribution in [3.05, 3.63) is 0 Å². The number of carbonyl (C=O) groups is 3. The highest BCUT2D eigenvalue weighted by Gasteiger charge is 2.53. The highest BCUT2D eigenvalue weighted by molar-refractivity contribution is 6.17. The van der Waals surface area contributed by atoms with E-state index in [4.69, 9.17) is 5.73 Å². The Morgan fingerprint density at radius 3 is 2.33 bits per heavy atom. The van der Waals surface area contributed by atoms with Gasteiger partial charge in [-0.2, -0.15) is 0 Å². The number of nitrogens with zero attached hydrogens (tertiary/aromatic N) is 1. The molecule has 4 amide bonds. The van der Waals surface area contributed by atoms with Crippen LogP contribution >= 0.6 is 0 Å². The standard InChI is InChI=1S/C5H7N3O4/c1-8-3(10)5(12,2(6)9)7-4(8)11/h12H,1H3,(H2,6,9)(H,7,11). The van der Waals surface area contributed by atoms with Gasteiger partial charge in [0.2, 0.25) is 0 Å². The first-order valence-electron chi connectivity index (χ1n) is 3.02. The molecule has 1 atom stereocenters. The van der Waals surface area contributed by atoms with Gasteiger partial charge >= 0.3 is 11.8 Å². The van der Waals surface area contributed by atoms with Crippen LogP contribution in [-0.4, -0.2) is 40.6 Å². The molecule has 0 saturated carbocycles. The summed E-state index contributed by atoms with van der Waals surface area (Å²) in [5.74, 6) is -2.37. The van der Waals surface area contributed by atoms with Crippen LogP contribution in [0.3, 0.4) is 0 Å². The Hall–Kier alpha value is -1.63. The smallest absolute Gasteiger partial charge is 0.327 e. The highest BCUT2D eigenvalue weighted by atomic mass is 16.4. The molecular weight excluding hydrogens is 166 g/mol. The molecule has 0 aromatic carbocycles. The number of imide groups is 1. The molecule has 1 saturated heterocycles. The van der Waals surface area contributed by atoms with E-state index in [9.17, 15) is 19.5 Å². The van der Waals surface area contributed by atoms with Crippen LogP contribution in [0.5, 0.6) is 0 Å². The molecule has 1 aliphatic heterocycles. The van der Waals surface area contributed by atoms with Gasteiger partial charge < -0.3 is 10.8 Å². The molecule has 0 aromatic rings. The zero-order chi connectivity index (χ0) is 9.52. The number of nitrogens with one attached hydrogen (secondary N) is 1. The zero-order valence-electron chi connectivity index (χ0n) is 6.20. The summed E-state index contributed by atoms with van der Waals surface area (Å²) in [6.45, 7) is 0. The summed E-state index contributed by atoms with van der Waals surface area (Å²) < 4.78 is 0. The summed E-state index contributed by atoms with van der Waals surface area (Å²) in [4.78, 5) is 32.8. The van der Waals surface area contributed by atoms with Crippen molar-refractivity contribution in [2.75, 3.05) is 7.05 Å². The van der Waals surface area contributed by atoms with Gasteiger partial charge in [0.05, 0.1) is 0 Å². The molecule has 1 aliphatic rings. The molecule has 1 heterocycles. The lowest BCUT2D eigenvalue weighted by atomic mass is 10.2. The van der Waals surface area contributed by atoms with Crippen LogP contribution in [0.2, 0.25) is 0 Å². The van der Waals surface area contributed by atoms with Gasteiger partial charge in [0.1, 0.15) is 0 Å². The summed E-state index contributed by atoms with van der Waals surface area (Å²) >= 11 is 0. The van der Waals surface area contributed by atoms with Gasteiger partial charge in [-0.1, -0.05) is 0 Å². The summed E-state index contributed by atoms with van der Waals surface area (Å²) in [5, 5.41) is 10.9. The Kier molecular flexibility index (Phi) is 1.54. The molecule has 12 heavy (non-hydrogen) atoms. The van der Waals surface area contributed by atoms with Gasteiger partial charge in [-0.15, -0.1) is 0 Å². The van der Waals surface area contributed by atoms with Crippen LogP contribution in [0.4, 0.5) is 4.79 Å². The van der Waals surface area contributed by atoms with Gasteiger partial charge in [0.15, 0.2) is 0 Å². The zero-order valence-corrected chi connectivity index (χ0v) is 6.20. The Bertz CT molecular complexity index is 274. The first kappa shape index (κ1) is 8.47. The van der Waals surface area contributed by atoms with Crippen LogP contribution in [0.15, 0.2) is 0 Å². The van der Waals surface area contributed by atoms with Crippen molar-refractivity contribution >= 4 is 17.8 Å².